The molecule has 2 rings (SSSR count). The summed E-state index contributed by atoms with van der Waals surface area (Å²) in [5.41, 5.74) is 0.841. The van der Waals surface area contributed by atoms with Crippen molar-refractivity contribution in [1.29, 1.82) is 0 Å². The lowest BCUT2D eigenvalue weighted by molar-refractivity contribution is -0.143. The van der Waals surface area contributed by atoms with Crippen molar-refractivity contribution in [3.63, 3.8) is 0 Å². The number of aromatic nitrogens is 2. The Labute approximate surface area is 102 Å². The predicted molar refractivity (Wildman–Crippen MR) is 63.0 cm³/mol. The minimum absolute atomic E-state index is 0.326. The van der Waals surface area contributed by atoms with Crippen molar-refractivity contribution in [3.8, 4) is 0 Å². The van der Waals surface area contributed by atoms with Crippen LogP contribution in [0.5, 0.6) is 0 Å². The summed E-state index contributed by atoms with van der Waals surface area (Å²) in [6.07, 6.45) is 1.29. The number of thiophene rings is 1. The molecule has 0 aromatic carbocycles. The largest absolute Gasteiger partial charge is 0.480 e. The molecule has 0 fully saturated rings. The standard InChI is InChI=1S/C11H12N2O3S/c1-13-8(4-5-12-13)11(16-7-10(14)15)9-3-2-6-17-9/h2-6,11H,7H2,1H3,(H,14,15). The number of ether oxygens (including phenoxy) is 1. The van der Waals surface area contributed by atoms with Gasteiger partial charge < -0.3 is 9.84 Å². The smallest absolute Gasteiger partial charge is 0.329 e. The maximum Gasteiger partial charge on any atom is 0.329 e. The van der Waals surface area contributed by atoms with Crippen molar-refractivity contribution in [2.24, 2.45) is 7.05 Å². The minimum atomic E-state index is -0.978. The van der Waals surface area contributed by atoms with Crippen molar-refractivity contribution in [2.75, 3.05) is 6.61 Å². The molecule has 0 amide bonds. The molecule has 0 saturated carbocycles. The molecule has 6 heteroatoms. The zero-order valence-electron chi connectivity index (χ0n) is 9.24. The number of carboxylic acids is 1. The van der Waals surface area contributed by atoms with Crippen LogP contribution in [0.25, 0.3) is 0 Å². The minimum Gasteiger partial charge on any atom is -0.480 e. The number of hydrogen-bond donors (Lipinski definition) is 1. The average molecular weight is 252 g/mol. The first-order chi connectivity index (χ1) is 8.18. The third-order valence-electron chi connectivity index (χ3n) is 2.30. The zero-order chi connectivity index (χ0) is 12.3. The Morgan fingerprint density at radius 1 is 1.65 bits per heavy atom. The van der Waals surface area contributed by atoms with Gasteiger partial charge in [-0.1, -0.05) is 6.07 Å². The number of hydrogen-bond acceptors (Lipinski definition) is 4. The Bertz CT molecular complexity index is 493. The molecule has 0 bridgehead atoms. The average Bonchev–Trinajstić information content (AvgIpc) is 2.91. The third-order valence-corrected chi connectivity index (χ3v) is 3.22. The van der Waals surface area contributed by atoms with Crippen molar-refractivity contribution in [3.05, 3.63) is 40.3 Å². The number of carbonyl (C=O) groups is 1. The highest BCUT2D eigenvalue weighted by Gasteiger charge is 2.20. The Morgan fingerprint density at radius 2 is 2.47 bits per heavy atom. The Morgan fingerprint density at radius 3 is 3.00 bits per heavy atom. The molecule has 0 aliphatic heterocycles. The molecule has 0 spiro atoms. The summed E-state index contributed by atoms with van der Waals surface area (Å²) in [6.45, 7) is -0.326. The molecular weight excluding hydrogens is 240 g/mol. The lowest BCUT2D eigenvalue weighted by Crippen LogP contribution is -2.15. The fraction of sp³-hybridized carbons (Fsp3) is 0.273. The van der Waals surface area contributed by atoms with E-state index < -0.39 is 5.97 Å². The Hall–Kier alpha value is -1.66. The van der Waals surface area contributed by atoms with Gasteiger partial charge in [-0.2, -0.15) is 5.10 Å². The highest BCUT2D eigenvalue weighted by Crippen LogP contribution is 2.28. The molecular formula is C11H12N2O3S. The van der Waals surface area contributed by atoms with E-state index in [2.05, 4.69) is 5.10 Å². The summed E-state index contributed by atoms with van der Waals surface area (Å²) in [5.74, 6) is -0.978. The van der Waals surface area contributed by atoms with Crippen LogP contribution in [0.2, 0.25) is 0 Å². The van der Waals surface area contributed by atoms with Crippen LogP contribution in [0, 0.1) is 0 Å². The van der Waals surface area contributed by atoms with Gasteiger partial charge >= 0.3 is 5.97 Å². The lowest BCUT2D eigenvalue weighted by atomic mass is 10.2. The molecule has 1 N–H and O–H groups in total. The topological polar surface area (TPSA) is 64.4 Å². The molecule has 2 aromatic heterocycles. The van der Waals surface area contributed by atoms with Gasteiger partial charge in [0.2, 0.25) is 0 Å². The Balaban J connectivity index is 2.25. The first-order valence-corrected chi connectivity index (χ1v) is 5.91. The van der Waals surface area contributed by atoms with Gasteiger partial charge in [-0.3, -0.25) is 4.68 Å². The van der Waals surface area contributed by atoms with Crippen LogP contribution >= 0.6 is 11.3 Å². The van der Waals surface area contributed by atoms with E-state index in [4.69, 9.17) is 9.84 Å². The molecule has 0 radical (unpaired) electrons. The van der Waals surface area contributed by atoms with Gasteiger partial charge in [0, 0.05) is 18.1 Å². The summed E-state index contributed by atoms with van der Waals surface area (Å²) in [5, 5.41) is 14.7. The first kappa shape index (κ1) is 11.8. The van der Waals surface area contributed by atoms with Crippen LogP contribution < -0.4 is 0 Å². The highest BCUT2D eigenvalue weighted by atomic mass is 32.1. The van der Waals surface area contributed by atoms with Gasteiger partial charge in [0.25, 0.3) is 0 Å². The van der Waals surface area contributed by atoms with Crippen molar-refractivity contribution >= 4 is 17.3 Å². The van der Waals surface area contributed by atoms with Crippen LogP contribution in [0.3, 0.4) is 0 Å². The van der Waals surface area contributed by atoms with E-state index in [0.29, 0.717) is 0 Å². The third kappa shape index (κ3) is 2.72. The van der Waals surface area contributed by atoms with Crippen molar-refractivity contribution in [2.45, 2.75) is 6.10 Å². The summed E-state index contributed by atoms with van der Waals surface area (Å²) < 4.78 is 7.11. The quantitative estimate of drug-likeness (QED) is 0.879. The fourth-order valence-corrected chi connectivity index (χ4v) is 2.33. The van der Waals surface area contributed by atoms with E-state index in [9.17, 15) is 4.79 Å². The van der Waals surface area contributed by atoms with Gasteiger partial charge in [-0.25, -0.2) is 4.79 Å². The van der Waals surface area contributed by atoms with E-state index in [1.165, 1.54) is 11.3 Å². The molecule has 90 valence electrons. The van der Waals surface area contributed by atoms with Gasteiger partial charge in [-0.15, -0.1) is 11.3 Å². The number of nitrogens with zero attached hydrogens (tertiary/aromatic N) is 2. The molecule has 1 atom stereocenters. The van der Waals surface area contributed by atoms with Crippen LogP contribution in [-0.2, 0) is 16.6 Å². The molecule has 0 aliphatic carbocycles. The second-order valence-electron chi connectivity index (χ2n) is 3.48. The molecule has 1 unspecified atom stereocenters. The van der Waals surface area contributed by atoms with Crippen molar-refractivity contribution in [1.82, 2.24) is 9.78 Å². The van der Waals surface area contributed by atoms with E-state index >= 15 is 0 Å². The molecule has 0 aliphatic rings. The van der Waals surface area contributed by atoms with Gasteiger partial charge in [0.15, 0.2) is 0 Å². The normalized spacial score (nSPS) is 12.5. The molecule has 2 heterocycles. The second-order valence-corrected chi connectivity index (χ2v) is 4.46. The molecule has 2 aromatic rings. The number of carboxylic acid groups (broad SMARTS) is 1. The van der Waals surface area contributed by atoms with E-state index in [1.807, 2.05) is 23.6 Å². The van der Waals surface area contributed by atoms with Gasteiger partial charge in [0.1, 0.15) is 12.7 Å². The number of rotatable bonds is 5. The monoisotopic (exact) mass is 252 g/mol. The summed E-state index contributed by atoms with van der Waals surface area (Å²) in [6, 6.07) is 5.66. The zero-order valence-corrected chi connectivity index (χ0v) is 10.1. The fourth-order valence-electron chi connectivity index (χ4n) is 1.55. The van der Waals surface area contributed by atoms with E-state index in [-0.39, 0.29) is 12.7 Å². The highest BCUT2D eigenvalue weighted by molar-refractivity contribution is 7.10. The number of aryl methyl sites for hydroxylation is 1. The molecule has 5 nitrogen and oxygen atoms in total. The molecule has 0 saturated heterocycles. The Kier molecular flexibility index (Phi) is 3.55. The number of aliphatic carboxylic acids is 1. The van der Waals surface area contributed by atoms with Crippen LogP contribution in [0.1, 0.15) is 16.7 Å². The maximum atomic E-state index is 10.6. The molecule has 17 heavy (non-hydrogen) atoms. The van der Waals surface area contributed by atoms with Crippen LogP contribution in [0.15, 0.2) is 29.8 Å². The van der Waals surface area contributed by atoms with E-state index in [0.717, 1.165) is 10.6 Å². The van der Waals surface area contributed by atoms with Crippen LogP contribution in [-0.4, -0.2) is 27.5 Å². The second kappa shape index (κ2) is 5.11. The first-order valence-electron chi connectivity index (χ1n) is 5.03. The summed E-state index contributed by atoms with van der Waals surface area (Å²) in [7, 11) is 1.81. The summed E-state index contributed by atoms with van der Waals surface area (Å²) in [4.78, 5) is 11.6. The maximum absolute atomic E-state index is 10.6. The van der Waals surface area contributed by atoms with Crippen molar-refractivity contribution < 1.29 is 14.6 Å². The predicted octanol–water partition coefficient (Wildman–Crippen LogP) is 1.67. The van der Waals surface area contributed by atoms with Crippen LogP contribution in [0.4, 0.5) is 0 Å². The summed E-state index contributed by atoms with van der Waals surface area (Å²) >= 11 is 1.53. The lowest BCUT2D eigenvalue weighted by Gasteiger charge is -2.15. The van der Waals surface area contributed by atoms with E-state index in [1.54, 1.807) is 17.9 Å². The van der Waals surface area contributed by atoms with Gasteiger partial charge in [-0.05, 0) is 17.5 Å². The van der Waals surface area contributed by atoms with Gasteiger partial charge in [0.05, 0.1) is 5.69 Å². The SMILES string of the molecule is Cn1nccc1C(OCC(=O)O)c1cccs1.